The van der Waals surface area contributed by atoms with Crippen molar-refractivity contribution in [2.75, 3.05) is 0 Å². The molecule has 0 saturated carbocycles. The highest BCUT2D eigenvalue weighted by atomic mass is 14.2. The zero-order valence-electron chi connectivity index (χ0n) is 17.4. The maximum absolute atomic E-state index is 2.42. The van der Waals surface area contributed by atoms with Crippen molar-refractivity contribution in [3.05, 3.63) is 109 Å². The third-order valence-electron chi connectivity index (χ3n) is 7.33. The van der Waals surface area contributed by atoms with E-state index >= 15 is 0 Å². The maximum Gasteiger partial charge on any atom is -0.00134 e. The molecule has 146 valence electrons. The fraction of sp³-hybridized carbons (Fsp3) is 0. The first-order valence-electron chi connectivity index (χ1n) is 11.2. The van der Waals surface area contributed by atoms with Crippen LogP contribution in [0.15, 0.2) is 109 Å². The minimum atomic E-state index is 1.29. The molecule has 0 heteroatoms. The van der Waals surface area contributed by atoms with Gasteiger partial charge in [-0.25, -0.2) is 0 Å². The zero-order valence-corrected chi connectivity index (χ0v) is 17.4. The molecule has 0 aliphatic rings. The summed E-state index contributed by atoms with van der Waals surface area (Å²) in [6, 6.07) is 40.6. The normalized spacial score (nSPS) is 12.4. The van der Waals surface area contributed by atoms with Crippen LogP contribution in [0.3, 0.4) is 0 Å². The summed E-state index contributed by atoms with van der Waals surface area (Å²) in [7, 11) is 0. The summed E-state index contributed by atoms with van der Waals surface area (Å²) in [5.41, 5.74) is 0. The summed E-state index contributed by atoms with van der Waals surface area (Å²) < 4.78 is 0. The second-order valence-electron chi connectivity index (χ2n) is 8.91. The first-order valence-corrected chi connectivity index (χ1v) is 11.2. The van der Waals surface area contributed by atoms with E-state index in [1.807, 2.05) is 0 Å². The lowest BCUT2D eigenvalue weighted by Crippen LogP contribution is -1.89. The Morgan fingerprint density at radius 3 is 1.66 bits per heavy atom. The van der Waals surface area contributed by atoms with Crippen molar-refractivity contribution in [1.29, 1.82) is 0 Å². The van der Waals surface area contributed by atoms with Gasteiger partial charge in [0.2, 0.25) is 0 Å². The van der Waals surface area contributed by atoms with E-state index in [4.69, 9.17) is 0 Å². The van der Waals surface area contributed by atoms with E-state index in [1.54, 1.807) is 0 Å². The Morgan fingerprint density at radius 2 is 0.812 bits per heavy atom. The van der Waals surface area contributed by atoms with Gasteiger partial charge in [-0.2, -0.15) is 0 Å². The first kappa shape index (κ1) is 16.5. The van der Waals surface area contributed by atoms with Gasteiger partial charge < -0.3 is 0 Å². The standard InChI is InChI=1S/C32H18/c1-2-9-23-19(6-1)14-16-26-24-10-3-4-11-25(24)28-18-22-13-12-20-7-5-8-21-15-17-27(30(22)29(20)21)32(28)31(23)26/h1-18H. The number of hydrogen-bond donors (Lipinski definition) is 0. The van der Waals surface area contributed by atoms with Crippen LogP contribution in [0.4, 0.5) is 0 Å². The highest BCUT2D eigenvalue weighted by Crippen LogP contribution is 2.45. The average Bonchev–Trinajstić information content (AvgIpc) is 2.86. The van der Waals surface area contributed by atoms with Crippen molar-refractivity contribution in [3.63, 3.8) is 0 Å². The summed E-state index contributed by atoms with van der Waals surface area (Å²) in [6.07, 6.45) is 0. The highest BCUT2D eigenvalue weighted by molar-refractivity contribution is 6.40. The molecule has 0 atom stereocenters. The van der Waals surface area contributed by atoms with Crippen LogP contribution < -0.4 is 0 Å². The van der Waals surface area contributed by atoms with Gasteiger partial charge in [0.15, 0.2) is 0 Å². The number of benzene rings is 8. The van der Waals surface area contributed by atoms with Gasteiger partial charge in [-0.05, 0) is 81.5 Å². The molecule has 0 unspecified atom stereocenters. The Kier molecular flexibility index (Phi) is 2.97. The van der Waals surface area contributed by atoms with Gasteiger partial charge in [-0.15, -0.1) is 0 Å². The summed E-state index contributed by atoms with van der Waals surface area (Å²) in [5, 5.41) is 18.8. The quantitative estimate of drug-likeness (QED) is 0.175. The molecule has 0 heterocycles. The molecule has 0 N–H and O–H groups in total. The van der Waals surface area contributed by atoms with Gasteiger partial charge in [0.25, 0.3) is 0 Å². The van der Waals surface area contributed by atoms with Gasteiger partial charge in [0, 0.05) is 0 Å². The molecule has 0 aliphatic heterocycles. The molecule has 0 saturated heterocycles. The fourth-order valence-corrected chi connectivity index (χ4v) is 6.01. The molecule has 8 aromatic carbocycles. The van der Waals surface area contributed by atoms with E-state index in [2.05, 4.69) is 109 Å². The Morgan fingerprint density at radius 1 is 0.250 bits per heavy atom. The minimum absolute atomic E-state index is 1.29. The third kappa shape index (κ3) is 1.93. The second kappa shape index (κ2) is 5.75. The number of fused-ring (bicyclic) bond motifs is 9. The van der Waals surface area contributed by atoms with E-state index in [0.29, 0.717) is 0 Å². The summed E-state index contributed by atoms with van der Waals surface area (Å²) in [6.45, 7) is 0. The van der Waals surface area contributed by atoms with Gasteiger partial charge in [0.1, 0.15) is 0 Å². The highest BCUT2D eigenvalue weighted by Gasteiger charge is 2.17. The van der Waals surface area contributed by atoms with Crippen LogP contribution in [0.1, 0.15) is 0 Å². The Bertz CT molecular complexity index is 2000. The molecule has 0 amide bonds. The molecule has 0 nitrogen and oxygen atoms in total. The van der Waals surface area contributed by atoms with Crippen molar-refractivity contribution in [2.45, 2.75) is 0 Å². The molecule has 8 rings (SSSR count). The lowest BCUT2D eigenvalue weighted by molar-refractivity contribution is 1.79. The number of hydrogen-bond acceptors (Lipinski definition) is 0. The minimum Gasteiger partial charge on any atom is -0.0616 e. The smallest absolute Gasteiger partial charge is 0.00134 e. The van der Waals surface area contributed by atoms with Crippen LogP contribution >= 0.6 is 0 Å². The van der Waals surface area contributed by atoms with Gasteiger partial charge in [-0.1, -0.05) is 103 Å². The summed E-state index contributed by atoms with van der Waals surface area (Å²) >= 11 is 0. The molecule has 32 heavy (non-hydrogen) atoms. The molecular formula is C32H18. The molecular weight excluding hydrogens is 384 g/mol. The van der Waals surface area contributed by atoms with E-state index < -0.39 is 0 Å². The van der Waals surface area contributed by atoms with Crippen LogP contribution in [-0.4, -0.2) is 0 Å². The topological polar surface area (TPSA) is 0 Å². The molecule has 0 aromatic heterocycles. The van der Waals surface area contributed by atoms with E-state index in [1.165, 1.54) is 75.4 Å². The van der Waals surface area contributed by atoms with Crippen LogP contribution in [0.25, 0.3) is 75.4 Å². The van der Waals surface area contributed by atoms with E-state index in [0.717, 1.165) is 0 Å². The molecule has 0 radical (unpaired) electrons. The zero-order chi connectivity index (χ0) is 20.8. The molecule has 0 bridgehead atoms. The van der Waals surface area contributed by atoms with Gasteiger partial charge >= 0.3 is 0 Å². The Balaban J connectivity index is 1.81. The van der Waals surface area contributed by atoms with Crippen molar-refractivity contribution in [3.8, 4) is 0 Å². The Hall–Kier alpha value is -4.16. The molecule has 8 aromatic rings. The second-order valence-corrected chi connectivity index (χ2v) is 8.91. The largest absolute Gasteiger partial charge is 0.0616 e. The lowest BCUT2D eigenvalue weighted by Gasteiger charge is -2.18. The first-order chi connectivity index (χ1) is 15.9. The van der Waals surface area contributed by atoms with Crippen LogP contribution in [0, 0.1) is 0 Å². The van der Waals surface area contributed by atoms with Gasteiger partial charge in [-0.3, -0.25) is 0 Å². The van der Waals surface area contributed by atoms with Crippen LogP contribution in [0.2, 0.25) is 0 Å². The summed E-state index contributed by atoms with van der Waals surface area (Å²) in [5.74, 6) is 0. The monoisotopic (exact) mass is 402 g/mol. The van der Waals surface area contributed by atoms with Crippen molar-refractivity contribution in [1.82, 2.24) is 0 Å². The van der Waals surface area contributed by atoms with Crippen molar-refractivity contribution < 1.29 is 0 Å². The third-order valence-corrected chi connectivity index (χ3v) is 7.33. The van der Waals surface area contributed by atoms with Crippen molar-refractivity contribution >= 4 is 75.4 Å². The molecule has 0 aliphatic carbocycles. The lowest BCUT2D eigenvalue weighted by atomic mass is 9.85. The maximum atomic E-state index is 2.42. The predicted molar refractivity (Wildman–Crippen MR) is 140 cm³/mol. The SMILES string of the molecule is c1ccc2c(c1)ccc1c3ccccc3c3cc4ccc5cccc6ccc(c4c56)c3c21. The molecule has 0 spiro atoms. The summed E-state index contributed by atoms with van der Waals surface area (Å²) in [4.78, 5) is 0. The predicted octanol–water partition coefficient (Wildman–Crippen LogP) is 9.20. The fourth-order valence-electron chi connectivity index (χ4n) is 6.01. The number of rotatable bonds is 0. The van der Waals surface area contributed by atoms with Crippen LogP contribution in [0.5, 0.6) is 0 Å². The molecule has 0 fully saturated rings. The van der Waals surface area contributed by atoms with E-state index in [-0.39, 0.29) is 0 Å². The van der Waals surface area contributed by atoms with E-state index in [9.17, 15) is 0 Å². The van der Waals surface area contributed by atoms with Gasteiger partial charge in [0.05, 0.1) is 0 Å². The van der Waals surface area contributed by atoms with Crippen molar-refractivity contribution in [2.24, 2.45) is 0 Å². The average molecular weight is 402 g/mol. The Labute approximate surface area is 184 Å². The van der Waals surface area contributed by atoms with Crippen LogP contribution in [-0.2, 0) is 0 Å².